The van der Waals surface area contributed by atoms with E-state index < -0.39 is 6.04 Å². The van der Waals surface area contributed by atoms with E-state index >= 15 is 0 Å². The normalized spacial score (nSPS) is 11.5. The molecule has 0 heterocycles. The van der Waals surface area contributed by atoms with Crippen molar-refractivity contribution in [3.05, 3.63) is 24.3 Å². The van der Waals surface area contributed by atoms with Crippen LogP contribution in [0.1, 0.15) is 13.8 Å². The Hall–Kier alpha value is -2.24. The van der Waals surface area contributed by atoms with E-state index in [0.717, 1.165) is 0 Å². The first-order chi connectivity index (χ1) is 9.02. The van der Waals surface area contributed by atoms with Gasteiger partial charge in [0.05, 0.1) is 0 Å². The molecule has 1 rings (SSSR count). The largest absolute Gasteiger partial charge is 0.484 e. The first-order valence-electron chi connectivity index (χ1n) is 6.08. The molecule has 6 nitrogen and oxygen atoms in total. The summed E-state index contributed by atoms with van der Waals surface area (Å²) in [6.45, 7) is 3.80. The number of ether oxygens (including phenoxy) is 1. The predicted octanol–water partition coefficient (Wildman–Crippen LogP) is 0.288. The van der Waals surface area contributed by atoms with Crippen molar-refractivity contribution in [1.82, 2.24) is 10.6 Å². The Morgan fingerprint density at radius 2 is 2.16 bits per heavy atom. The summed E-state index contributed by atoms with van der Waals surface area (Å²) in [5.74, 6) is -0.0678. The summed E-state index contributed by atoms with van der Waals surface area (Å²) < 4.78 is 5.27. The molecule has 1 aromatic carbocycles. The fourth-order valence-corrected chi connectivity index (χ4v) is 1.43. The van der Waals surface area contributed by atoms with Crippen molar-refractivity contribution < 1.29 is 14.3 Å². The van der Waals surface area contributed by atoms with Crippen molar-refractivity contribution in [3.63, 3.8) is 0 Å². The highest BCUT2D eigenvalue weighted by Gasteiger charge is 2.14. The number of likely N-dealkylation sites (N-methyl/N-ethyl adjacent to an activating group) is 1. The molecule has 0 radical (unpaired) electrons. The van der Waals surface area contributed by atoms with Crippen LogP contribution in [0.15, 0.2) is 24.3 Å². The minimum absolute atomic E-state index is 0.160. The van der Waals surface area contributed by atoms with Gasteiger partial charge in [0.1, 0.15) is 11.8 Å². The molecule has 1 unspecified atom stereocenters. The molecule has 19 heavy (non-hydrogen) atoms. The summed E-state index contributed by atoms with van der Waals surface area (Å²) >= 11 is 0. The third-order valence-corrected chi connectivity index (χ3v) is 2.35. The Kier molecular flexibility index (Phi) is 5.66. The number of anilines is 1. The van der Waals surface area contributed by atoms with Crippen molar-refractivity contribution in [1.29, 1.82) is 0 Å². The van der Waals surface area contributed by atoms with E-state index in [1.54, 1.807) is 31.2 Å². The third kappa shape index (κ3) is 5.29. The molecule has 1 atom stereocenters. The average Bonchev–Trinajstić information content (AvgIpc) is 2.36. The second-order valence-corrected chi connectivity index (χ2v) is 4.04. The molecular formula is C13H19N3O3. The zero-order chi connectivity index (χ0) is 14.3. The zero-order valence-electron chi connectivity index (χ0n) is 11.1. The number of rotatable bonds is 6. The molecule has 0 aromatic heterocycles. The average molecular weight is 265 g/mol. The van der Waals surface area contributed by atoms with E-state index in [1.807, 2.05) is 6.92 Å². The third-order valence-electron chi connectivity index (χ3n) is 2.35. The molecule has 1 aromatic rings. The molecule has 0 fully saturated rings. The molecule has 0 aliphatic heterocycles. The predicted molar refractivity (Wildman–Crippen MR) is 72.6 cm³/mol. The molecule has 0 spiro atoms. The molecular weight excluding hydrogens is 246 g/mol. The van der Waals surface area contributed by atoms with Gasteiger partial charge in [0, 0.05) is 18.3 Å². The van der Waals surface area contributed by atoms with Crippen LogP contribution in [0.25, 0.3) is 0 Å². The topological polar surface area (TPSA) is 93.5 Å². The molecule has 0 saturated carbocycles. The van der Waals surface area contributed by atoms with Gasteiger partial charge in [-0.2, -0.15) is 0 Å². The number of amides is 2. The van der Waals surface area contributed by atoms with Gasteiger partial charge in [-0.25, -0.2) is 0 Å². The van der Waals surface area contributed by atoms with Gasteiger partial charge in [-0.3, -0.25) is 9.59 Å². The van der Waals surface area contributed by atoms with Gasteiger partial charge in [-0.15, -0.1) is 0 Å². The Morgan fingerprint density at radius 1 is 1.42 bits per heavy atom. The van der Waals surface area contributed by atoms with E-state index in [-0.39, 0.29) is 18.4 Å². The number of nitrogen functional groups attached to an aromatic ring is 1. The highest BCUT2D eigenvalue weighted by Crippen LogP contribution is 2.13. The summed E-state index contributed by atoms with van der Waals surface area (Å²) in [5.41, 5.74) is 6.15. The van der Waals surface area contributed by atoms with Crippen LogP contribution in [-0.2, 0) is 9.59 Å². The van der Waals surface area contributed by atoms with Gasteiger partial charge in [-0.1, -0.05) is 6.07 Å². The summed E-state index contributed by atoms with van der Waals surface area (Å²) in [6.07, 6.45) is 0. The lowest BCUT2D eigenvalue weighted by Crippen LogP contribution is -2.46. The zero-order valence-corrected chi connectivity index (χ0v) is 11.1. The molecule has 0 saturated heterocycles. The first kappa shape index (κ1) is 14.8. The highest BCUT2D eigenvalue weighted by atomic mass is 16.5. The molecule has 2 amide bonds. The Labute approximate surface area is 112 Å². The lowest BCUT2D eigenvalue weighted by atomic mass is 10.3. The minimum atomic E-state index is -0.586. The minimum Gasteiger partial charge on any atom is -0.484 e. The van der Waals surface area contributed by atoms with Crippen LogP contribution in [0.4, 0.5) is 5.69 Å². The van der Waals surface area contributed by atoms with Crippen LogP contribution in [0.5, 0.6) is 5.75 Å². The van der Waals surface area contributed by atoms with Crippen LogP contribution >= 0.6 is 0 Å². The number of nitrogens with one attached hydrogen (secondary N) is 2. The maximum atomic E-state index is 11.6. The second kappa shape index (κ2) is 7.25. The lowest BCUT2D eigenvalue weighted by molar-refractivity contribution is -0.129. The summed E-state index contributed by atoms with van der Waals surface area (Å²) in [7, 11) is 0. The number of carbonyl (C=O) groups is 2. The van der Waals surface area contributed by atoms with Crippen LogP contribution < -0.4 is 21.1 Å². The quantitative estimate of drug-likeness (QED) is 0.644. The molecule has 6 heteroatoms. The number of hydrogen-bond donors (Lipinski definition) is 3. The number of benzene rings is 1. The maximum absolute atomic E-state index is 11.6. The second-order valence-electron chi connectivity index (χ2n) is 4.04. The van der Waals surface area contributed by atoms with Crippen LogP contribution in [0, 0.1) is 0 Å². The van der Waals surface area contributed by atoms with E-state index in [4.69, 9.17) is 10.5 Å². The fraction of sp³-hybridized carbons (Fsp3) is 0.385. The van der Waals surface area contributed by atoms with Crippen molar-refractivity contribution in [3.8, 4) is 5.75 Å². The number of nitrogens with two attached hydrogens (primary N) is 1. The molecule has 0 aliphatic rings. The van der Waals surface area contributed by atoms with E-state index in [0.29, 0.717) is 18.0 Å². The maximum Gasteiger partial charge on any atom is 0.258 e. The fourth-order valence-electron chi connectivity index (χ4n) is 1.43. The summed E-state index contributed by atoms with van der Waals surface area (Å²) in [6, 6.07) is 6.21. The smallest absolute Gasteiger partial charge is 0.258 e. The van der Waals surface area contributed by atoms with Gasteiger partial charge >= 0.3 is 0 Å². The van der Waals surface area contributed by atoms with Crippen LogP contribution in [-0.4, -0.2) is 31.0 Å². The van der Waals surface area contributed by atoms with E-state index in [2.05, 4.69) is 10.6 Å². The van der Waals surface area contributed by atoms with Crippen molar-refractivity contribution in [2.24, 2.45) is 0 Å². The van der Waals surface area contributed by atoms with Gasteiger partial charge < -0.3 is 21.1 Å². The van der Waals surface area contributed by atoms with E-state index in [1.165, 1.54) is 0 Å². The Morgan fingerprint density at radius 3 is 2.79 bits per heavy atom. The summed E-state index contributed by atoms with van der Waals surface area (Å²) in [4.78, 5) is 23.0. The van der Waals surface area contributed by atoms with Crippen molar-refractivity contribution in [2.75, 3.05) is 18.9 Å². The molecule has 104 valence electrons. The van der Waals surface area contributed by atoms with E-state index in [9.17, 15) is 9.59 Å². The SMILES string of the molecule is CCNC(=O)C(C)NC(=O)COc1cccc(N)c1. The summed E-state index contributed by atoms with van der Waals surface area (Å²) in [5, 5.41) is 5.16. The standard InChI is InChI=1S/C13H19N3O3/c1-3-15-13(18)9(2)16-12(17)8-19-11-6-4-5-10(14)7-11/h4-7,9H,3,8,14H2,1-2H3,(H,15,18)(H,16,17). The Bertz CT molecular complexity index is 449. The molecule has 4 N–H and O–H groups in total. The van der Waals surface area contributed by atoms with Crippen molar-refractivity contribution >= 4 is 17.5 Å². The van der Waals surface area contributed by atoms with Gasteiger partial charge in [0.25, 0.3) is 5.91 Å². The highest BCUT2D eigenvalue weighted by molar-refractivity contribution is 5.87. The van der Waals surface area contributed by atoms with Gasteiger partial charge in [0.15, 0.2) is 6.61 Å². The monoisotopic (exact) mass is 265 g/mol. The molecule has 0 bridgehead atoms. The number of hydrogen-bond acceptors (Lipinski definition) is 4. The van der Waals surface area contributed by atoms with Gasteiger partial charge in [-0.05, 0) is 26.0 Å². The Balaban J connectivity index is 2.37. The van der Waals surface area contributed by atoms with Crippen LogP contribution in [0.2, 0.25) is 0 Å². The molecule has 0 aliphatic carbocycles. The van der Waals surface area contributed by atoms with Gasteiger partial charge in [0.2, 0.25) is 5.91 Å². The van der Waals surface area contributed by atoms with Crippen molar-refractivity contribution in [2.45, 2.75) is 19.9 Å². The number of carbonyl (C=O) groups excluding carboxylic acids is 2. The first-order valence-corrected chi connectivity index (χ1v) is 6.08. The lowest BCUT2D eigenvalue weighted by Gasteiger charge is -2.13. The van der Waals surface area contributed by atoms with Crippen LogP contribution in [0.3, 0.4) is 0 Å².